The van der Waals surface area contributed by atoms with Gasteiger partial charge in [-0.3, -0.25) is 9.59 Å². The molecule has 1 N–H and O–H groups in total. The summed E-state index contributed by atoms with van der Waals surface area (Å²) in [6.45, 7) is 7.76. The predicted octanol–water partition coefficient (Wildman–Crippen LogP) is 3.41. The molecule has 122 valence electrons. The maximum atomic E-state index is 12.5. The standard InChI is InChI=1S/C17H26N2O2S/c1-11(2)19(5)17(21)15-9-14(8-7-12(15)3)18-16(20)13(4)10-22-6/h7-9,11,13H,10H2,1-6H3,(H,18,20)/t13-/m0/s1. The van der Waals surface area contributed by atoms with Crippen molar-refractivity contribution in [3.63, 3.8) is 0 Å². The number of nitrogens with zero attached hydrogens (tertiary/aromatic N) is 1. The van der Waals surface area contributed by atoms with Gasteiger partial charge >= 0.3 is 0 Å². The molecule has 0 bridgehead atoms. The Morgan fingerprint density at radius 1 is 1.27 bits per heavy atom. The number of carbonyl (C=O) groups excluding carboxylic acids is 2. The SMILES string of the molecule is CSC[C@H](C)C(=O)Nc1ccc(C)c(C(=O)N(C)C(C)C)c1. The Balaban J connectivity index is 2.95. The van der Waals surface area contributed by atoms with Crippen molar-refractivity contribution >= 4 is 29.3 Å². The number of nitrogens with one attached hydrogen (secondary N) is 1. The second-order valence-corrected chi connectivity index (χ2v) is 6.80. The summed E-state index contributed by atoms with van der Waals surface area (Å²) < 4.78 is 0. The molecule has 0 aliphatic rings. The number of aryl methyl sites for hydroxylation is 1. The number of carbonyl (C=O) groups is 2. The summed E-state index contributed by atoms with van der Waals surface area (Å²) in [5, 5.41) is 2.89. The third-order valence-corrected chi connectivity index (χ3v) is 4.53. The molecule has 0 aromatic heterocycles. The van der Waals surface area contributed by atoms with Gasteiger partial charge in [-0.2, -0.15) is 11.8 Å². The highest BCUT2D eigenvalue weighted by Gasteiger charge is 2.18. The van der Waals surface area contributed by atoms with Crippen LogP contribution in [0.2, 0.25) is 0 Å². The van der Waals surface area contributed by atoms with Gasteiger partial charge in [0.1, 0.15) is 0 Å². The third-order valence-electron chi connectivity index (χ3n) is 3.69. The first-order chi connectivity index (χ1) is 10.3. The van der Waals surface area contributed by atoms with Crippen LogP contribution in [-0.4, -0.2) is 41.8 Å². The first-order valence-electron chi connectivity index (χ1n) is 7.45. The van der Waals surface area contributed by atoms with E-state index in [0.29, 0.717) is 11.3 Å². The summed E-state index contributed by atoms with van der Waals surface area (Å²) >= 11 is 1.64. The van der Waals surface area contributed by atoms with E-state index in [2.05, 4.69) is 5.32 Å². The summed E-state index contributed by atoms with van der Waals surface area (Å²) in [6.07, 6.45) is 1.98. The lowest BCUT2D eigenvalue weighted by molar-refractivity contribution is -0.118. The lowest BCUT2D eigenvalue weighted by Crippen LogP contribution is -2.33. The average Bonchev–Trinajstić information content (AvgIpc) is 2.47. The van der Waals surface area contributed by atoms with E-state index < -0.39 is 0 Å². The van der Waals surface area contributed by atoms with E-state index in [4.69, 9.17) is 0 Å². The molecule has 0 heterocycles. The van der Waals surface area contributed by atoms with Crippen LogP contribution in [0, 0.1) is 12.8 Å². The minimum atomic E-state index is -0.0613. The van der Waals surface area contributed by atoms with Crippen molar-refractivity contribution in [2.75, 3.05) is 24.4 Å². The third kappa shape index (κ3) is 4.77. The van der Waals surface area contributed by atoms with Crippen molar-refractivity contribution in [3.05, 3.63) is 29.3 Å². The first kappa shape index (κ1) is 18.6. The maximum absolute atomic E-state index is 12.5. The zero-order valence-corrected chi connectivity index (χ0v) is 15.1. The smallest absolute Gasteiger partial charge is 0.254 e. The zero-order chi connectivity index (χ0) is 16.9. The van der Waals surface area contributed by atoms with Crippen molar-refractivity contribution in [2.24, 2.45) is 5.92 Å². The van der Waals surface area contributed by atoms with Gasteiger partial charge in [0.2, 0.25) is 5.91 Å². The molecule has 22 heavy (non-hydrogen) atoms. The number of hydrogen-bond acceptors (Lipinski definition) is 3. The van der Waals surface area contributed by atoms with Gasteiger partial charge in [-0.25, -0.2) is 0 Å². The first-order valence-corrected chi connectivity index (χ1v) is 8.85. The van der Waals surface area contributed by atoms with Crippen molar-refractivity contribution in [2.45, 2.75) is 33.7 Å². The van der Waals surface area contributed by atoms with Crippen LogP contribution in [0.3, 0.4) is 0 Å². The number of hydrogen-bond donors (Lipinski definition) is 1. The largest absolute Gasteiger partial charge is 0.339 e. The van der Waals surface area contributed by atoms with Gasteiger partial charge < -0.3 is 10.2 Å². The van der Waals surface area contributed by atoms with Gasteiger partial charge in [-0.1, -0.05) is 13.0 Å². The van der Waals surface area contributed by atoms with Gasteiger partial charge in [-0.15, -0.1) is 0 Å². The Morgan fingerprint density at radius 2 is 1.91 bits per heavy atom. The minimum absolute atomic E-state index is 0.0196. The summed E-state index contributed by atoms with van der Waals surface area (Å²) in [5.41, 5.74) is 2.21. The van der Waals surface area contributed by atoms with Crippen LogP contribution in [-0.2, 0) is 4.79 Å². The molecule has 1 atom stereocenters. The molecule has 0 spiro atoms. The van der Waals surface area contributed by atoms with E-state index in [-0.39, 0.29) is 23.8 Å². The molecule has 1 aromatic carbocycles. The van der Waals surface area contributed by atoms with Crippen molar-refractivity contribution in [3.8, 4) is 0 Å². The molecule has 1 rings (SSSR count). The van der Waals surface area contributed by atoms with Crippen LogP contribution in [0.15, 0.2) is 18.2 Å². The number of thioether (sulfide) groups is 1. The lowest BCUT2D eigenvalue weighted by atomic mass is 10.1. The fourth-order valence-corrected chi connectivity index (χ4v) is 2.60. The molecule has 0 radical (unpaired) electrons. The maximum Gasteiger partial charge on any atom is 0.254 e. The highest BCUT2D eigenvalue weighted by molar-refractivity contribution is 7.98. The van der Waals surface area contributed by atoms with Crippen molar-refractivity contribution in [1.29, 1.82) is 0 Å². The quantitative estimate of drug-likeness (QED) is 0.873. The topological polar surface area (TPSA) is 49.4 Å². The normalized spacial score (nSPS) is 12.1. The van der Waals surface area contributed by atoms with Crippen LogP contribution in [0.25, 0.3) is 0 Å². The Kier molecular flexibility index (Phi) is 6.94. The van der Waals surface area contributed by atoms with Gasteiger partial charge in [0.25, 0.3) is 5.91 Å². The van der Waals surface area contributed by atoms with Crippen LogP contribution >= 0.6 is 11.8 Å². The Bertz CT molecular complexity index is 543. The van der Waals surface area contributed by atoms with Gasteiger partial charge in [0.15, 0.2) is 0 Å². The molecular formula is C17H26N2O2S. The highest BCUT2D eigenvalue weighted by atomic mass is 32.2. The van der Waals surface area contributed by atoms with Gasteiger partial charge in [0.05, 0.1) is 0 Å². The van der Waals surface area contributed by atoms with Crippen molar-refractivity contribution in [1.82, 2.24) is 4.90 Å². The molecule has 1 aromatic rings. The fraction of sp³-hybridized carbons (Fsp3) is 0.529. The Morgan fingerprint density at radius 3 is 2.45 bits per heavy atom. The van der Waals surface area contributed by atoms with Crippen LogP contribution in [0.1, 0.15) is 36.7 Å². The predicted molar refractivity (Wildman–Crippen MR) is 94.6 cm³/mol. The summed E-state index contributed by atoms with van der Waals surface area (Å²) in [7, 11) is 1.79. The van der Waals surface area contributed by atoms with Crippen LogP contribution in [0.5, 0.6) is 0 Å². The average molecular weight is 322 g/mol. The highest BCUT2D eigenvalue weighted by Crippen LogP contribution is 2.19. The molecule has 5 heteroatoms. The summed E-state index contributed by atoms with van der Waals surface area (Å²) in [6, 6.07) is 5.61. The van der Waals surface area contributed by atoms with Crippen LogP contribution < -0.4 is 5.32 Å². The minimum Gasteiger partial charge on any atom is -0.339 e. The van der Waals surface area contributed by atoms with E-state index >= 15 is 0 Å². The number of amides is 2. The second kappa shape index (κ2) is 8.22. The summed E-state index contributed by atoms with van der Waals surface area (Å²) in [5.74, 6) is 0.669. The fourth-order valence-electron chi connectivity index (χ4n) is 1.95. The van der Waals surface area contributed by atoms with E-state index in [0.717, 1.165) is 11.3 Å². The van der Waals surface area contributed by atoms with E-state index in [1.807, 2.05) is 46.1 Å². The van der Waals surface area contributed by atoms with E-state index in [1.165, 1.54) is 0 Å². The Hall–Kier alpha value is -1.49. The molecule has 2 amide bonds. The van der Waals surface area contributed by atoms with Gasteiger partial charge in [-0.05, 0) is 44.7 Å². The Labute approximate surface area is 137 Å². The van der Waals surface area contributed by atoms with E-state index in [1.54, 1.807) is 29.8 Å². The number of benzene rings is 1. The molecule has 0 saturated heterocycles. The molecule has 0 fully saturated rings. The van der Waals surface area contributed by atoms with E-state index in [9.17, 15) is 9.59 Å². The van der Waals surface area contributed by atoms with Crippen molar-refractivity contribution < 1.29 is 9.59 Å². The van der Waals surface area contributed by atoms with Crippen LogP contribution in [0.4, 0.5) is 5.69 Å². The zero-order valence-electron chi connectivity index (χ0n) is 14.3. The lowest BCUT2D eigenvalue weighted by Gasteiger charge is -2.23. The van der Waals surface area contributed by atoms with Gasteiger partial charge in [0, 0.05) is 36.0 Å². The summed E-state index contributed by atoms with van der Waals surface area (Å²) in [4.78, 5) is 26.3. The number of anilines is 1. The molecule has 0 aliphatic heterocycles. The number of rotatable bonds is 6. The monoisotopic (exact) mass is 322 g/mol. The molecule has 0 unspecified atom stereocenters. The molecule has 4 nitrogen and oxygen atoms in total. The second-order valence-electron chi connectivity index (χ2n) is 5.89. The molecule has 0 aliphatic carbocycles. The molecular weight excluding hydrogens is 296 g/mol. The molecule has 0 saturated carbocycles.